The van der Waals surface area contributed by atoms with Crippen LogP contribution in [-0.4, -0.2) is 30.5 Å². The Balaban J connectivity index is 2.08. The summed E-state index contributed by atoms with van der Waals surface area (Å²) in [6.07, 6.45) is 6.89. The highest BCUT2D eigenvalue weighted by Crippen LogP contribution is 2.43. The predicted molar refractivity (Wildman–Crippen MR) is 90.0 cm³/mol. The number of ketones is 1. The smallest absolute Gasteiger partial charge is 0.244 e. The number of hydrogen-bond acceptors (Lipinski definition) is 4. The van der Waals surface area contributed by atoms with Gasteiger partial charge in [0, 0.05) is 19.2 Å². The lowest BCUT2D eigenvalue weighted by atomic mass is 9.76. The molecular weight excluding hydrogens is 312 g/mol. The van der Waals surface area contributed by atoms with Crippen LogP contribution in [0, 0.1) is 5.41 Å². The Morgan fingerprint density at radius 3 is 2.70 bits per heavy atom. The first-order valence-electron chi connectivity index (χ1n) is 7.85. The topological polar surface area (TPSA) is 67.3 Å². The van der Waals surface area contributed by atoms with Gasteiger partial charge in [-0.1, -0.05) is 26.0 Å². The number of hydrogen-bond donors (Lipinski definition) is 0. The number of pyridine rings is 1. The number of rotatable bonds is 2. The molecule has 1 aromatic rings. The molecule has 0 radical (unpaired) electrons. The van der Waals surface area contributed by atoms with Gasteiger partial charge < -0.3 is 0 Å². The SMILES string of the molecule is CC1(C)CC=CC(C)(S(=O)(=O)N2CCC(=O)c3ncccc32)C1. The first kappa shape index (κ1) is 16.2. The van der Waals surface area contributed by atoms with Crippen molar-refractivity contribution in [1.82, 2.24) is 4.98 Å². The molecule has 5 nitrogen and oxygen atoms in total. The minimum atomic E-state index is -3.64. The van der Waals surface area contributed by atoms with Gasteiger partial charge >= 0.3 is 0 Å². The summed E-state index contributed by atoms with van der Waals surface area (Å²) in [4.78, 5) is 16.1. The van der Waals surface area contributed by atoms with Crippen molar-refractivity contribution >= 4 is 21.5 Å². The van der Waals surface area contributed by atoms with E-state index in [4.69, 9.17) is 0 Å². The number of fused-ring (bicyclic) bond motifs is 1. The van der Waals surface area contributed by atoms with Crippen LogP contribution in [0.2, 0.25) is 0 Å². The number of carbonyl (C=O) groups is 1. The van der Waals surface area contributed by atoms with Crippen molar-refractivity contribution in [3.63, 3.8) is 0 Å². The van der Waals surface area contributed by atoms with Gasteiger partial charge in [-0.2, -0.15) is 0 Å². The van der Waals surface area contributed by atoms with Crippen molar-refractivity contribution < 1.29 is 13.2 Å². The Labute approximate surface area is 137 Å². The van der Waals surface area contributed by atoms with E-state index < -0.39 is 14.8 Å². The fraction of sp³-hybridized carbons (Fsp3) is 0.529. The average molecular weight is 334 g/mol. The fourth-order valence-corrected chi connectivity index (χ4v) is 5.72. The van der Waals surface area contributed by atoms with Gasteiger partial charge in [0.1, 0.15) is 10.4 Å². The zero-order valence-corrected chi connectivity index (χ0v) is 14.6. The molecule has 1 aliphatic heterocycles. The number of allylic oxidation sites excluding steroid dienone is 1. The van der Waals surface area contributed by atoms with Crippen LogP contribution in [-0.2, 0) is 10.0 Å². The van der Waals surface area contributed by atoms with Gasteiger partial charge in [0.25, 0.3) is 0 Å². The molecule has 1 aromatic heterocycles. The molecule has 1 atom stereocenters. The quantitative estimate of drug-likeness (QED) is 0.780. The van der Waals surface area contributed by atoms with Gasteiger partial charge in [0.05, 0.1) is 5.69 Å². The van der Waals surface area contributed by atoms with E-state index in [1.165, 1.54) is 10.5 Å². The molecule has 0 amide bonds. The number of anilines is 1. The van der Waals surface area contributed by atoms with Crippen LogP contribution in [0.15, 0.2) is 30.5 Å². The molecule has 3 rings (SSSR count). The summed E-state index contributed by atoms with van der Waals surface area (Å²) < 4.78 is 27.1. The van der Waals surface area contributed by atoms with Crippen molar-refractivity contribution in [2.75, 3.05) is 10.8 Å². The fourth-order valence-electron chi connectivity index (χ4n) is 3.64. The lowest BCUT2D eigenvalue weighted by molar-refractivity contribution is 0.0977. The lowest BCUT2D eigenvalue weighted by Crippen LogP contribution is -2.51. The maximum Gasteiger partial charge on any atom is 0.244 e. The van der Waals surface area contributed by atoms with E-state index in [-0.39, 0.29) is 29.9 Å². The third-order valence-electron chi connectivity index (χ3n) is 4.71. The molecule has 2 heterocycles. The third kappa shape index (κ3) is 2.59. The Morgan fingerprint density at radius 2 is 2.00 bits per heavy atom. The van der Waals surface area contributed by atoms with Crippen LogP contribution in [0.5, 0.6) is 0 Å². The molecule has 6 heteroatoms. The van der Waals surface area contributed by atoms with Crippen LogP contribution in [0.1, 0.15) is 50.5 Å². The van der Waals surface area contributed by atoms with E-state index in [9.17, 15) is 13.2 Å². The van der Waals surface area contributed by atoms with E-state index >= 15 is 0 Å². The Hall–Kier alpha value is -1.69. The van der Waals surface area contributed by atoms with Crippen LogP contribution < -0.4 is 4.31 Å². The summed E-state index contributed by atoms with van der Waals surface area (Å²) >= 11 is 0. The van der Waals surface area contributed by atoms with Crippen molar-refractivity contribution in [3.8, 4) is 0 Å². The van der Waals surface area contributed by atoms with Crippen molar-refractivity contribution in [2.45, 2.75) is 44.8 Å². The van der Waals surface area contributed by atoms with Crippen molar-refractivity contribution in [2.24, 2.45) is 5.41 Å². The number of nitrogens with zero attached hydrogens (tertiary/aromatic N) is 2. The normalized spacial score (nSPS) is 26.9. The average Bonchev–Trinajstić information content (AvgIpc) is 2.46. The summed E-state index contributed by atoms with van der Waals surface area (Å²) in [5.41, 5.74) is 0.590. The molecule has 1 aliphatic carbocycles. The standard InChI is InChI=1S/C17H22N2O3S/c1-16(2)8-5-9-17(3,12-16)23(21,22)19-11-7-14(20)15-13(19)6-4-10-18-15/h4-6,9-10H,7-8,11-12H2,1-3H3. The number of carbonyl (C=O) groups excluding carboxylic acids is 1. The number of Topliss-reactive ketones (excluding diaryl/α,β-unsaturated/α-hetero) is 1. The maximum absolute atomic E-state index is 13.4. The molecule has 0 N–H and O–H groups in total. The molecule has 0 saturated carbocycles. The second-order valence-electron chi connectivity index (χ2n) is 7.38. The van der Waals surface area contributed by atoms with Crippen molar-refractivity contribution in [1.29, 1.82) is 0 Å². The first-order chi connectivity index (χ1) is 10.7. The highest BCUT2D eigenvalue weighted by molar-refractivity contribution is 7.94. The van der Waals surface area contributed by atoms with E-state index in [2.05, 4.69) is 18.8 Å². The van der Waals surface area contributed by atoms with Gasteiger partial charge in [0.2, 0.25) is 10.0 Å². The molecule has 0 fully saturated rings. The second-order valence-corrected chi connectivity index (χ2v) is 9.71. The molecule has 2 aliphatic rings. The van der Waals surface area contributed by atoms with Crippen molar-refractivity contribution in [3.05, 3.63) is 36.2 Å². The van der Waals surface area contributed by atoms with E-state index in [1.54, 1.807) is 25.1 Å². The first-order valence-corrected chi connectivity index (χ1v) is 9.29. The second kappa shape index (κ2) is 5.16. The van der Waals surface area contributed by atoms with Crippen LogP contribution in [0.25, 0.3) is 0 Å². The van der Waals surface area contributed by atoms with Gasteiger partial charge in [-0.05, 0) is 37.3 Å². The molecule has 0 saturated heterocycles. The highest BCUT2D eigenvalue weighted by Gasteiger charge is 2.47. The monoisotopic (exact) mass is 334 g/mol. The highest BCUT2D eigenvalue weighted by atomic mass is 32.2. The minimum absolute atomic E-state index is 0.0695. The molecule has 1 unspecified atom stereocenters. The maximum atomic E-state index is 13.4. The summed E-state index contributed by atoms with van der Waals surface area (Å²) in [5.74, 6) is -0.100. The predicted octanol–water partition coefficient (Wildman–Crippen LogP) is 2.94. The zero-order chi connectivity index (χ0) is 16.9. The van der Waals surface area contributed by atoms with E-state index in [0.717, 1.165) is 6.42 Å². The third-order valence-corrected chi connectivity index (χ3v) is 7.13. The summed E-state index contributed by atoms with van der Waals surface area (Å²) in [5, 5.41) is 0. The summed E-state index contributed by atoms with van der Waals surface area (Å²) in [6, 6.07) is 3.33. The molecular formula is C17H22N2O3S. The Bertz CT molecular complexity index is 783. The van der Waals surface area contributed by atoms with Crippen LogP contribution >= 0.6 is 0 Å². The Kier molecular flexibility index (Phi) is 3.63. The summed E-state index contributed by atoms with van der Waals surface area (Å²) in [6.45, 7) is 6.12. The molecule has 0 bridgehead atoms. The van der Waals surface area contributed by atoms with E-state index in [1.807, 2.05) is 6.08 Å². The van der Waals surface area contributed by atoms with Gasteiger partial charge in [-0.15, -0.1) is 0 Å². The molecule has 124 valence electrons. The lowest BCUT2D eigenvalue weighted by Gasteiger charge is -2.42. The van der Waals surface area contributed by atoms with Gasteiger partial charge in [-0.25, -0.2) is 8.42 Å². The minimum Gasteiger partial charge on any atom is -0.292 e. The largest absolute Gasteiger partial charge is 0.292 e. The van der Waals surface area contributed by atoms with E-state index in [0.29, 0.717) is 12.1 Å². The van der Waals surface area contributed by atoms with Crippen LogP contribution in [0.3, 0.4) is 0 Å². The van der Waals surface area contributed by atoms with Gasteiger partial charge in [-0.3, -0.25) is 14.1 Å². The Morgan fingerprint density at radius 1 is 1.26 bits per heavy atom. The number of aromatic nitrogens is 1. The molecule has 0 spiro atoms. The zero-order valence-electron chi connectivity index (χ0n) is 13.7. The van der Waals surface area contributed by atoms with Gasteiger partial charge in [0.15, 0.2) is 5.78 Å². The van der Waals surface area contributed by atoms with Crippen LogP contribution in [0.4, 0.5) is 5.69 Å². The number of sulfonamides is 1. The summed E-state index contributed by atoms with van der Waals surface area (Å²) in [7, 11) is -3.64. The molecule has 23 heavy (non-hydrogen) atoms. The molecule has 0 aromatic carbocycles.